The lowest BCUT2D eigenvalue weighted by molar-refractivity contribution is 0.249. The number of hydrogen-bond acceptors (Lipinski definition) is 2. The van der Waals surface area contributed by atoms with Crippen molar-refractivity contribution in [2.45, 2.75) is 6.42 Å². The van der Waals surface area contributed by atoms with Crippen LogP contribution >= 0.6 is 0 Å². The van der Waals surface area contributed by atoms with Crippen LogP contribution in [0.2, 0.25) is 0 Å². The number of rotatable bonds is 3. The third-order valence-electron chi connectivity index (χ3n) is 1.65. The van der Waals surface area contributed by atoms with Gasteiger partial charge in [-0.05, 0) is 24.1 Å². The molecule has 13 heavy (non-hydrogen) atoms. The smallest absolute Gasteiger partial charge is 0.312 e. The van der Waals surface area contributed by atoms with Crippen LogP contribution in [0.5, 0.6) is 5.75 Å². The van der Waals surface area contributed by atoms with Gasteiger partial charge in [0.15, 0.2) is 0 Å². The van der Waals surface area contributed by atoms with E-state index in [0.717, 1.165) is 5.56 Å². The summed E-state index contributed by atoms with van der Waals surface area (Å²) in [4.78, 5) is 10.3. The Labute approximate surface area is 76.4 Å². The minimum Gasteiger partial charge on any atom is -0.508 e. The number of nitrogens with one attached hydrogen (secondary N) is 1. The molecule has 0 saturated heterocycles. The first-order chi connectivity index (χ1) is 6.18. The van der Waals surface area contributed by atoms with Gasteiger partial charge in [-0.1, -0.05) is 12.1 Å². The molecule has 0 heterocycles. The lowest BCUT2D eigenvalue weighted by Gasteiger charge is -2.01. The van der Waals surface area contributed by atoms with Crippen molar-refractivity contribution >= 4 is 6.03 Å². The van der Waals surface area contributed by atoms with E-state index in [0.29, 0.717) is 13.0 Å². The van der Waals surface area contributed by atoms with Gasteiger partial charge in [-0.2, -0.15) is 0 Å². The number of carbonyl (C=O) groups is 1. The average Bonchev–Trinajstić information content (AvgIpc) is 2.08. The number of phenolic OH excluding ortho intramolecular Hbond substituents is 1. The van der Waals surface area contributed by atoms with Crippen molar-refractivity contribution in [1.29, 1.82) is 0 Å². The fourth-order valence-electron chi connectivity index (χ4n) is 0.993. The number of aromatic hydroxyl groups is 1. The van der Waals surface area contributed by atoms with E-state index in [2.05, 4.69) is 5.32 Å². The molecule has 1 rings (SSSR count). The van der Waals surface area contributed by atoms with Gasteiger partial charge in [-0.25, -0.2) is 4.79 Å². The summed E-state index contributed by atoms with van der Waals surface area (Å²) < 4.78 is 0. The Morgan fingerprint density at radius 1 is 1.38 bits per heavy atom. The molecule has 0 aromatic heterocycles. The lowest BCUT2D eigenvalue weighted by atomic mass is 10.1. The van der Waals surface area contributed by atoms with Crippen LogP contribution in [0.15, 0.2) is 24.3 Å². The Balaban J connectivity index is 2.37. The molecule has 0 aliphatic rings. The maximum Gasteiger partial charge on any atom is 0.312 e. The zero-order chi connectivity index (χ0) is 9.68. The number of carbonyl (C=O) groups excluding carboxylic acids is 1. The van der Waals surface area contributed by atoms with Crippen molar-refractivity contribution in [1.82, 2.24) is 5.32 Å². The zero-order valence-electron chi connectivity index (χ0n) is 7.16. The zero-order valence-corrected chi connectivity index (χ0v) is 7.16. The predicted molar refractivity (Wildman–Crippen MR) is 49.4 cm³/mol. The third-order valence-corrected chi connectivity index (χ3v) is 1.65. The van der Waals surface area contributed by atoms with E-state index in [1.807, 2.05) is 0 Å². The van der Waals surface area contributed by atoms with E-state index < -0.39 is 6.03 Å². The monoisotopic (exact) mass is 180 g/mol. The Morgan fingerprint density at radius 2 is 2.00 bits per heavy atom. The van der Waals surface area contributed by atoms with Crippen LogP contribution in [0, 0.1) is 0 Å². The Bertz CT molecular complexity index is 282. The second-order valence-electron chi connectivity index (χ2n) is 2.71. The van der Waals surface area contributed by atoms with E-state index in [1.165, 1.54) is 0 Å². The molecule has 0 aliphatic carbocycles. The number of hydrogen-bond donors (Lipinski definition) is 3. The molecular weight excluding hydrogens is 168 g/mol. The van der Waals surface area contributed by atoms with Crippen LogP contribution in [0.3, 0.4) is 0 Å². The largest absolute Gasteiger partial charge is 0.508 e. The van der Waals surface area contributed by atoms with Gasteiger partial charge >= 0.3 is 6.03 Å². The maximum absolute atomic E-state index is 10.3. The molecule has 4 nitrogen and oxygen atoms in total. The molecule has 0 atom stereocenters. The van der Waals surface area contributed by atoms with Gasteiger partial charge in [-0.3, -0.25) is 0 Å². The van der Waals surface area contributed by atoms with E-state index in [1.54, 1.807) is 24.3 Å². The highest BCUT2D eigenvalue weighted by Crippen LogP contribution is 2.09. The summed E-state index contributed by atoms with van der Waals surface area (Å²) in [7, 11) is 0. The molecule has 4 heteroatoms. The SMILES string of the molecule is NC(=O)NCCc1ccc(O)cc1. The van der Waals surface area contributed by atoms with Gasteiger partial charge in [0.2, 0.25) is 0 Å². The molecule has 0 spiro atoms. The summed E-state index contributed by atoms with van der Waals surface area (Å²) in [6.45, 7) is 0.514. The summed E-state index contributed by atoms with van der Waals surface area (Å²) in [6, 6.07) is 6.31. The van der Waals surface area contributed by atoms with Crippen molar-refractivity contribution in [3.63, 3.8) is 0 Å². The highest BCUT2D eigenvalue weighted by molar-refractivity contribution is 5.71. The molecule has 4 N–H and O–H groups in total. The first-order valence-electron chi connectivity index (χ1n) is 3.99. The van der Waals surface area contributed by atoms with Crippen LogP contribution in [0.25, 0.3) is 0 Å². The number of amides is 2. The molecule has 2 amide bonds. The lowest BCUT2D eigenvalue weighted by Crippen LogP contribution is -2.30. The summed E-state index contributed by atoms with van der Waals surface area (Å²) in [5.41, 5.74) is 5.94. The Kier molecular flexibility index (Phi) is 3.14. The number of nitrogens with two attached hydrogens (primary N) is 1. The third kappa shape index (κ3) is 3.46. The fraction of sp³-hybridized carbons (Fsp3) is 0.222. The number of phenols is 1. The van der Waals surface area contributed by atoms with Gasteiger partial charge in [-0.15, -0.1) is 0 Å². The minimum absolute atomic E-state index is 0.242. The van der Waals surface area contributed by atoms with Crippen LogP contribution in [-0.4, -0.2) is 17.7 Å². The van der Waals surface area contributed by atoms with Gasteiger partial charge in [0.05, 0.1) is 0 Å². The summed E-state index contributed by atoms with van der Waals surface area (Å²) in [6.07, 6.45) is 0.712. The molecular formula is C9H12N2O2. The molecule has 0 fully saturated rings. The molecule has 1 aromatic carbocycles. The van der Waals surface area contributed by atoms with Crippen molar-refractivity contribution in [2.75, 3.05) is 6.54 Å². The summed E-state index contributed by atoms with van der Waals surface area (Å²) in [5.74, 6) is 0.242. The molecule has 0 unspecified atom stereocenters. The topological polar surface area (TPSA) is 75.4 Å². The Morgan fingerprint density at radius 3 is 2.54 bits per heavy atom. The minimum atomic E-state index is -0.515. The van der Waals surface area contributed by atoms with Gasteiger partial charge in [0.25, 0.3) is 0 Å². The fourth-order valence-corrected chi connectivity index (χ4v) is 0.993. The van der Waals surface area contributed by atoms with Crippen LogP contribution in [-0.2, 0) is 6.42 Å². The van der Waals surface area contributed by atoms with Crippen LogP contribution < -0.4 is 11.1 Å². The van der Waals surface area contributed by atoms with Gasteiger partial charge in [0.1, 0.15) is 5.75 Å². The first kappa shape index (κ1) is 9.38. The molecule has 0 aliphatic heterocycles. The number of benzene rings is 1. The van der Waals surface area contributed by atoms with Crippen molar-refractivity contribution in [2.24, 2.45) is 5.73 Å². The quantitative estimate of drug-likeness (QED) is 0.637. The highest BCUT2D eigenvalue weighted by atomic mass is 16.3. The molecule has 70 valence electrons. The van der Waals surface area contributed by atoms with E-state index in [9.17, 15) is 4.79 Å². The van der Waals surface area contributed by atoms with Crippen molar-refractivity contribution in [3.05, 3.63) is 29.8 Å². The predicted octanol–water partition coefficient (Wildman–Crippen LogP) is 0.603. The standard InChI is InChI=1S/C9H12N2O2/c10-9(13)11-6-5-7-1-3-8(12)4-2-7/h1-4,12H,5-6H2,(H3,10,11,13). The van der Waals surface area contributed by atoms with E-state index in [4.69, 9.17) is 10.8 Å². The number of primary amides is 1. The number of urea groups is 1. The van der Waals surface area contributed by atoms with Crippen LogP contribution in [0.4, 0.5) is 4.79 Å². The van der Waals surface area contributed by atoms with Gasteiger partial charge < -0.3 is 16.2 Å². The summed E-state index contributed by atoms with van der Waals surface area (Å²) >= 11 is 0. The van der Waals surface area contributed by atoms with Crippen molar-refractivity contribution in [3.8, 4) is 5.75 Å². The second kappa shape index (κ2) is 4.35. The first-order valence-corrected chi connectivity index (χ1v) is 3.99. The van der Waals surface area contributed by atoms with Gasteiger partial charge in [0, 0.05) is 6.54 Å². The average molecular weight is 180 g/mol. The molecule has 0 radical (unpaired) electrons. The molecule has 0 bridgehead atoms. The highest BCUT2D eigenvalue weighted by Gasteiger charge is 1.94. The maximum atomic E-state index is 10.3. The van der Waals surface area contributed by atoms with E-state index >= 15 is 0 Å². The normalized spacial score (nSPS) is 9.54. The molecule has 0 saturated carbocycles. The molecule has 1 aromatic rings. The van der Waals surface area contributed by atoms with Crippen molar-refractivity contribution < 1.29 is 9.90 Å². The Hall–Kier alpha value is -1.71. The second-order valence-corrected chi connectivity index (χ2v) is 2.71. The van der Waals surface area contributed by atoms with E-state index in [-0.39, 0.29) is 5.75 Å². The van der Waals surface area contributed by atoms with Crippen LogP contribution in [0.1, 0.15) is 5.56 Å². The summed E-state index contributed by atoms with van der Waals surface area (Å²) in [5, 5.41) is 11.5.